The number of rotatable bonds is 14. The van der Waals surface area contributed by atoms with Gasteiger partial charge in [0.15, 0.2) is 5.78 Å². The van der Waals surface area contributed by atoms with Crippen molar-refractivity contribution < 1.29 is 23.9 Å². The number of ketones is 1. The zero-order valence-corrected chi connectivity index (χ0v) is 43.4. The van der Waals surface area contributed by atoms with Crippen molar-refractivity contribution in [3.05, 3.63) is 172 Å². The molecule has 6 amide bonds. The SMILES string of the molecule is CCCC(=O)c1ccc(NC(=O)Nc2ccc(N3CCCCC3)cc2)cc1.Cn1ncc2cc(NC(=O)Nc3ccc(Cl)cc3)ccc21.O=C(NCCc1ccc(Cl)cc1)Nc1ccc(CN2CCOCC2)cc1. The molecule has 0 spiro atoms. The maximum absolute atomic E-state index is 12.2. The van der Waals surface area contributed by atoms with E-state index < -0.39 is 0 Å². The first-order chi connectivity index (χ1) is 36.0. The second kappa shape index (κ2) is 28.1. The molecule has 74 heavy (non-hydrogen) atoms. The smallest absolute Gasteiger partial charge is 0.323 e. The highest BCUT2D eigenvalue weighted by Gasteiger charge is 2.13. The normalized spacial score (nSPS) is 13.3. The molecule has 6 aromatic carbocycles. The zero-order valence-electron chi connectivity index (χ0n) is 41.8. The molecule has 6 N–H and O–H groups in total. The average molecular weight is 1040 g/mol. The molecule has 2 fully saturated rings. The van der Waals surface area contributed by atoms with E-state index in [4.69, 9.17) is 27.9 Å². The topological polar surface area (TPSA) is 174 Å². The largest absolute Gasteiger partial charge is 0.379 e. The van der Waals surface area contributed by atoms with Crippen molar-refractivity contribution in [1.29, 1.82) is 0 Å². The zero-order chi connectivity index (χ0) is 52.1. The van der Waals surface area contributed by atoms with Gasteiger partial charge in [-0.1, -0.05) is 54.4 Å². The molecular weight excluding hydrogens is 976 g/mol. The van der Waals surface area contributed by atoms with E-state index in [1.54, 1.807) is 59.4 Å². The van der Waals surface area contributed by atoms with Gasteiger partial charge in [0.25, 0.3) is 0 Å². The van der Waals surface area contributed by atoms with Gasteiger partial charge in [-0.25, -0.2) is 14.4 Å². The van der Waals surface area contributed by atoms with Crippen molar-refractivity contribution in [3.8, 4) is 0 Å². The number of Topliss-reactive ketones (excluding diaryl/α,β-unsaturated/α-hetero) is 1. The number of carbonyl (C=O) groups is 4. The highest BCUT2D eigenvalue weighted by molar-refractivity contribution is 6.31. The highest BCUT2D eigenvalue weighted by atomic mass is 35.5. The maximum atomic E-state index is 12.2. The summed E-state index contributed by atoms with van der Waals surface area (Å²) in [5, 5.41) is 23.4. The van der Waals surface area contributed by atoms with Crippen LogP contribution >= 0.6 is 23.2 Å². The molecule has 17 heteroatoms. The predicted octanol–water partition coefficient (Wildman–Crippen LogP) is 12.7. The van der Waals surface area contributed by atoms with Gasteiger partial charge in [0.2, 0.25) is 0 Å². The minimum absolute atomic E-state index is 0.127. The number of aryl methyl sites for hydroxylation is 1. The summed E-state index contributed by atoms with van der Waals surface area (Å²) in [5.74, 6) is 0.127. The number of urea groups is 3. The molecule has 2 aliphatic rings. The van der Waals surface area contributed by atoms with Crippen LogP contribution < -0.4 is 36.8 Å². The molecule has 0 atom stereocenters. The number of hydrogen-bond donors (Lipinski definition) is 6. The number of nitrogens with one attached hydrogen (secondary N) is 6. The molecular formula is C57H64Cl2N10O5. The van der Waals surface area contributed by atoms with Crippen LogP contribution in [0.3, 0.4) is 0 Å². The third kappa shape index (κ3) is 17.7. The summed E-state index contributed by atoms with van der Waals surface area (Å²) < 4.78 is 7.15. The van der Waals surface area contributed by atoms with Crippen molar-refractivity contribution >= 4 is 92.1 Å². The molecule has 2 aliphatic heterocycles. The van der Waals surface area contributed by atoms with Gasteiger partial charge in [-0.05, 0) is 158 Å². The van der Waals surface area contributed by atoms with E-state index in [1.807, 2.05) is 80.7 Å². The lowest BCUT2D eigenvalue weighted by atomic mass is 10.1. The van der Waals surface area contributed by atoms with Gasteiger partial charge >= 0.3 is 18.1 Å². The molecule has 0 saturated carbocycles. The Hall–Kier alpha value is -7.43. The fourth-order valence-electron chi connectivity index (χ4n) is 8.24. The number of ether oxygens (including phenoxy) is 1. The molecule has 1 aromatic heterocycles. The second-order valence-electron chi connectivity index (χ2n) is 17.9. The standard InChI is InChI=1S/C22H27N3O2.C20H24ClN3O2.C15H13ClN4O/c1-2-6-21(26)17-7-9-18(10-8-17)23-22(27)24-19-11-13-20(14-12-19)25-15-4-3-5-16-25;21-18-5-1-16(2-6-18)9-10-22-20(25)23-19-7-3-17(4-8-19)15-24-11-13-26-14-12-24;1-20-14-7-6-13(8-10(14)9-17-20)19-15(21)18-12-4-2-11(16)3-5-12/h7-14H,2-6,15-16H2,1H3,(H2,23,24,27);1-8H,9-15H2,(H2,22,23,25);2-9H,1H3,(H2,18,19,21). The molecule has 15 nitrogen and oxygen atoms in total. The van der Waals surface area contributed by atoms with E-state index in [2.05, 4.69) is 71.1 Å². The van der Waals surface area contributed by atoms with Crippen LogP contribution in [0.5, 0.6) is 0 Å². The van der Waals surface area contributed by atoms with Crippen LogP contribution in [0.2, 0.25) is 10.0 Å². The molecule has 9 rings (SSSR count). The lowest BCUT2D eigenvalue weighted by Crippen LogP contribution is -2.35. The minimum Gasteiger partial charge on any atom is -0.379 e. The average Bonchev–Trinajstić information content (AvgIpc) is 3.78. The third-order valence-corrected chi connectivity index (χ3v) is 12.7. The first-order valence-electron chi connectivity index (χ1n) is 25.0. The number of anilines is 6. The number of hydrogen-bond acceptors (Lipinski definition) is 8. The summed E-state index contributed by atoms with van der Waals surface area (Å²) in [5.41, 5.74) is 8.86. The lowest BCUT2D eigenvalue weighted by molar-refractivity contribution is 0.0342. The summed E-state index contributed by atoms with van der Waals surface area (Å²) in [7, 11) is 1.88. The Morgan fingerprint density at radius 2 is 1.08 bits per heavy atom. The Balaban J connectivity index is 0.000000163. The maximum Gasteiger partial charge on any atom is 0.323 e. The molecule has 2 saturated heterocycles. The number of piperidine rings is 1. The summed E-state index contributed by atoms with van der Waals surface area (Å²) in [6.45, 7) is 9.21. The summed E-state index contributed by atoms with van der Waals surface area (Å²) in [4.78, 5) is 52.7. The van der Waals surface area contributed by atoms with Crippen molar-refractivity contribution in [2.24, 2.45) is 7.05 Å². The Morgan fingerprint density at radius 3 is 1.68 bits per heavy atom. The van der Waals surface area contributed by atoms with Crippen LogP contribution in [0, 0.1) is 0 Å². The monoisotopic (exact) mass is 1040 g/mol. The first-order valence-corrected chi connectivity index (χ1v) is 25.7. The molecule has 0 aliphatic carbocycles. The molecule has 7 aromatic rings. The van der Waals surface area contributed by atoms with Gasteiger partial charge in [0.1, 0.15) is 0 Å². The van der Waals surface area contributed by atoms with Crippen LogP contribution in [-0.2, 0) is 24.8 Å². The molecule has 0 radical (unpaired) electrons. The predicted molar refractivity (Wildman–Crippen MR) is 300 cm³/mol. The number of carbonyl (C=O) groups excluding carboxylic acids is 4. The van der Waals surface area contributed by atoms with Gasteiger partial charge in [0, 0.05) is 108 Å². The number of aromatic nitrogens is 2. The van der Waals surface area contributed by atoms with Gasteiger partial charge in [-0.3, -0.25) is 14.4 Å². The quantitative estimate of drug-likeness (QED) is 0.0584. The van der Waals surface area contributed by atoms with Gasteiger partial charge in [0.05, 0.1) is 24.9 Å². The molecule has 3 heterocycles. The van der Waals surface area contributed by atoms with E-state index in [-0.39, 0.29) is 23.9 Å². The molecule has 0 unspecified atom stereocenters. The van der Waals surface area contributed by atoms with E-state index in [0.717, 1.165) is 91.6 Å². The summed E-state index contributed by atoms with van der Waals surface area (Å²) >= 11 is 11.7. The number of benzene rings is 6. The van der Waals surface area contributed by atoms with Crippen molar-refractivity contribution in [3.63, 3.8) is 0 Å². The number of morpholine rings is 1. The lowest BCUT2D eigenvalue weighted by Gasteiger charge is -2.28. The van der Waals surface area contributed by atoms with Crippen LogP contribution in [0.15, 0.2) is 146 Å². The summed E-state index contributed by atoms with van der Waals surface area (Å²) in [6, 6.07) is 42.4. The van der Waals surface area contributed by atoms with Crippen LogP contribution in [0.25, 0.3) is 10.9 Å². The Labute approximate surface area is 442 Å². The Morgan fingerprint density at radius 1 is 0.581 bits per heavy atom. The van der Waals surface area contributed by atoms with Gasteiger partial charge < -0.3 is 41.5 Å². The molecule has 386 valence electrons. The Bertz CT molecular complexity index is 2890. The van der Waals surface area contributed by atoms with Crippen LogP contribution in [0.4, 0.5) is 48.5 Å². The van der Waals surface area contributed by atoms with Crippen molar-refractivity contribution in [1.82, 2.24) is 20.0 Å². The van der Waals surface area contributed by atoms with E-state index in [9.17, 15) is 19.2 Å². The number of fused-ring (bicyclic) bond motifs is 1. The van der Waals surface area contributed by atoms with Crippen molar-refractivity contribution in [2.75, 3.05) is 77.4 Å². The minimum atomic E-state index is -0.305. The number of amides is 6. The number of nitrogens with zero attached hydrogens (tertiary/aromatic N) is 4. The fourth-order valence-corrected chi connectivity index (χ4v) is 8.49. The van der Waals surface area contributed by atoms with Crippen LogP contribution in [-0.4, -0.2) is 84.5 Å². The number of halogens is 2. The van der Waals surface area contributed by atoms with E-state index >= 15 is 0 Å². The Kier molecular flexibility index (Phi) is 20.7. The highest BCUT2D eigenvalue weighted by Crippen LogP contribution is 2.23. The van der Waals surface area contributed by atoms with E-state index in [1.165, 1.54) is 30.5 Å². The molecule has 0 bridgehead atoms. The fraction of sp³-hybridized carbons (Fsp3) is 0.281. The summed E-state index contributed by atoms with van der Waals surface area (Å²) in [6.07, 6.45) is 7.69. The van der Waals surface area contributed by atoms with Gasteiger partial charge in [-0.2, -0.15) is 5.10 Å². The third-order valence-electron chi connectivity index (χ3n) is 12.2. The van der Waals surface area contributed by atoms with E-state index in [0.29, 0.717) is 40.6 Å². The second-order valence-corrected chi connectivity index (χ2v) is 18.8. The van der Waals surface area contributed by atoms with Crippen LogP contribution in [0.1, 0.15) is 60.5 Å². The van der Waals surface area contributed by atoms with Crippen molar-refractivity contribution in [2.45, 2.75) is 52.0 Å². The van der Waals surface area contributed by atoms with Gasteiger partial charge in [-0.15, -0.1) is 0 Å². The first kappa shape index (κ1) is 54.3.